The van der Waals surface area contributed by atoms with Gasteiger partial charge in [0, 0.05) is 12.4 Å². The Balaban J connectivity index is 1.77. The summed E-state index contributed by atoms with van der Waals surface area (Å²) in [5, 5.41) is 0. The summed E-state index contributed by atoms with van der Waals surface area (Å²) in [4.78, 5) is 25.2. The van der Waals surface area contributed by atoms with E-state index in [1.807, 2.05) is 12.2 Å². The highest BCUT2D eigenvalue weighted by Gasteiger charge is 2.26. The second-order valence-corrected chi connectivity index (χ2v) is 3.40. The zero-order valence-electron chi connectivity index (χ0n) is 7.99. The molecule has 6 heteroatoms. The Morgan fingerprint density at radius 1 is 0.562 bits per heavy atom. The molecule has 0 aliphatic carbocycles. The van der Waals surface area contributed by atoms with E-state index in [0.29, 0.717) is 23.3 Å². The Labute approximate surface area is 90.0 Å². The second-order valence-electron chi connectivity index (χ2n) is 3.40. The molecule has 74 valence electrons. The highest BCUT2D eigenvalue weighted by atomic mass is 15.2. The minimum absolute atomic E-state index is 0.510. The molecule has 0 spiro atoms. The fraction of sp³-hybridized carbons (Fsp3) is 0. The molecule has 4 aliphatic heterocycles. The van der Waals surface area contributed by atoms with E-state index < -0.39 is 0 Å². The van der Waals surface area contributed by atoms with Gasteiger partial charge in [-0.05, 0) is 12.2 Å². The zero-order valence-corrected chi connectivity index (χ0v) is 7.99. The molecule has 4 rings (SSSR count). The lowest BCUT2D eigenvalue weighted by Gasteiger charge is -1.89. The molecule has 4 heterocycles. The predicted molar refractivity (Wildman–Crippen MR) is 62.9 cm³/mol. The van der Waals surface area contributed by atoms with E-state index in [4.69, 9.17) is 0 Å². The molecule has 4 aliphatic rings. The molecule has 0 aromatic heterocycles. The van der Waals surface area contributed by atoms with Gasteiger partial charge in [-0.25, -0.2) is 30.0 Å². The van der Waals surface area contributed by atoms with Gasteiger partial charge in [-0.1, -0.05) is 0 Å². The SMILES string of the molecule is C1=NC2=NC(C3=NC4=CC=NC4=N3)=NC2=C1. The van der Waals surface area contributed by atoms with Crippen LogP contribution in [-0.2, 0) is 0 Å². The summed E-state index contributed by atoms with van der Waals surface area (Å²) in [6, 6.07) is 0. The van der Waals surface area contributed by atoms with Crippen LogP contribution in [0.15, 0.2) is 53.5 Å². The highest BCUT2D eigenvalue weighted by molar-refractivity contribution is 6.49. The van der Waals surface area contributed by atoms with Crippen molar-refractivity contribution in [1.82, 2.24) is 0 Å². The monoisotopic (exact) mass is 208 g/mol. The van der Waals surface area contributed by atoms with Crippen molar-refractivity contribution < 1.29 is 0 Å². The fourth-order valence-electron chi connectivity index (χ4n) is 1.66. The molecule has 0 aromatic carbocycles. The van der Waals surface area contributed by atoms with Gasteiger partial charge >= 0.3 is 0 Å². The Morgan fingerprint density at radius 2 is 1.06 bits per heavy atom. The van der Waals surface area contributed by atoms with Gasteiger partial charge < -0.3 is 0 Å². The van der Waals surface area contributed by atoms with Crippen molar-refractivity contribution in [2.45, 2.75) is 0 Å². The second kappa shape index (κ2) is 2.54. The van der Waals surface area contributed by atoms with Crippen LogP contribution in [-0.4, -0.2) is 35.8 Å². The first-order valence-corrected chi connectivity index (χ1v) is 4.75. The standard InChI is InChI=1S/C10H4N6/c1-3-11-7-5(1)13-9(15-7)10-14-6-2-4-12-8(6)16-10/h1-4H. The van der Waals surface area contributed by atoms with Crippen molar-refractivity contribution in [2.24, 2.45) is 30.0 Å². The molecule has 0 fully saturated rings. The third kappa shape index (κ3) is 0.902. The fourth-order valence-corrected chi connectivity index (χ4v) is 1.66. The van der Waals surface area contributed by atoms with E-state index in [0.717, 1.165) is 11.4 Å². The van der Waals surface area contributed by atoms with Crippen LogP contribution in [0.25, 0.3) is 0 Å². The van der Waals surface area contributed by atoms with Crippen LogP contribution >= 0.6 is 0 Å². The molecule has 16 heavy (non-hydrogen) atoms. The molecule has 0 unspecified atom stereocenters. The average molecular weight is 208 g/mol. The summed E-state index contributed by atoms with van der Waals surface area (Å²) in [7, 11) is 0. The molecule has 0 atom stereocenters. The van der Waals surface area contributed by atoms with Crippen LogP contribution in [0.3, 0.4) is 0 Å². The maximum Gasteiger partial charge on any atom is 0.200 e. The molecule has 0 aromatic rings. The lowest BCUT2D eigenvalue weighted by atomic mass is 10.4. The van der Waals surface area contributed by atoms with E-state index in [2.05, 4.69) is 30.0 Å². The molecule has 0 radical (unpaired) electrons. The van der Waals surface area contributed by atoms with Crippen LogP contribution in [0.4, 0.5) is 0 Å². The summed E-state index contributed by atoms with van der Waals surface area (Å²) in [5.74, 6) is 2.28. The van der Waals surface area contributed by atoms with Gasteiger partial charge in [0.15, 0.2) is 11.7 Å². The first-order valence-electron chi connectivity index (χ1n) is 4.75. The van der Waals surface area contributed by atoms with Gasteiger partial charge in [0.05, 0.1) is 0 Å². The van der Waals surface area contributed by atoms with Crippen molar-refractivity contribution in [3.05, 3.63) is 23.5 Å². The number of fused-ring (bicyclic) bond motifs is 2. The van der Waals surface area contributed by atoms with Gasteiger partial charge in [-0.3, -0.25) is 0 Å². The van der Waals surface area contributed by atoms with E-state index in [9.17, 15) is 0 Å². The molecule has 0 bridgehead atoms. The number of nitrogens with zero attached hydrogens (tertiary/aromatic N) is 6. The molecule has 0 saturated heterocycles. The first kappa shape index (κ1) is 7.75. The van der Waals surface area contributed by atoms with E-state index in [-0.39, 0.29) is 0 Å². The van der Waals surface area contributed by atoms with E-state index in [1.54, 1.807) is 12.4 Å². The van der Waals surface area contributed by atoms with Crippen LogP contribution in [0.1, 0.15) is 0 Å². The van der Waals surface area contributed by atoms with Crippen molar-refractivity contribution in [3.8, 4) is 0 Å². The first-order chi connectivity index (χ1) is 7.90. The molecule has 0 N–H and O–H groups in total. The highest BCUT2D eigenvalue weighted by Crippen LogP contribution is 2.20. The van der Waals surface area contributed by atoms with Gasteiger partial charge in [0.2, 0.25) is 11.7 Å². The lowest BCUT2D eigenvalue weighted by Crippen LogP contribution is -2.05. The average Bonchev–Trinajstić information content (AvgIpc) is 2.94. The van der Waals surface area contributed by atoms with E-state index >= 15 is 0 Å². The molecule has 0 amide bonds. The van der Waals surface area contributed by atoms with Crippen molar-refractivity contribution >= 4 is 35.8 Å². The maximum atomic E-state index is 4.29. The summed E-state index contributed by atoms with van der Waals surface area (Å²) >= 11 is 0. The van der Waals surface area contributed by atoms with Crippen LogP contribution in [0, 0.1) is 0 Å². The van der Waals surface area contributed by atoms with Gasteiger partial charge in [0.25, 0.3) is 0 Å². The van der Waals surface area contributed by atoms with Gasteiger partial charge in [0.1, 0.15) is 11.4 Å². The Morgan fingerprint density at radius 3 is 1.50 bits per heavy atom. The molecule has 0 saturated carbocycles. The van der Waals surface area contributed by atoms with E-state index in [1.165, 1.54) is 0 Å². The van der Waals surface area contributed by atoms with Crippen molar-refractivity contribution in [1.29, 1.82) is 0 Å². The minimum atomic E-state index is 0.510. The summed E-state index contributed by atoms with van der Waals surface area (Å²) in [6.45, 7) is 0. The summed E-state index contributed by atoms with van der Waals surface area (Å²) < 4.78 is 0. The Kier molecular flexibility index (Phi) is 1.23. The number of rotatable bonds is 1. The number of hydrogen-bond donors (Lipinski definition) is 0. The Hall–Kier alpha value is -2.50. The molecular weight excluding hydrogens is 204 g/mol. The van der Waals surface area contributed by atoms with Gasteiger partial charge in [-0.15, -0.1) is 0 Å². The third-order valence-electron chi connectivity index (χ3n) is 2.39. The van der Waals surface area contributed by atoms with Crippen molar-refractivity contribution in [3.63, 3.8) is 0 Å². The number of allylic oxidation sites excluding steroid dienone is 2. The number of hydrogen-bond acceptors (Lipinski definition) is 6. The van der Waals surface area contributed by atoms with Crippen molar-refractivity contribution in [2.75, 3.05) is 0 Å². The summed E-state index contributed by atoms with van der Waals surface area (Å²) in [5.41, 5.74) is 1.54. The molecular formula is C10H4N6. The summed E-state index contributed by atoms with van der Waals surface area (Å²) in [6.07, 6.45) is 6.98. The topological polar surface area (TPSA) is 74.2 Å². The van der Waals surface area contributed by atoms with Crippen LogP contribution in [0.5, 0.6) is 0 Å². The lowest BCUT2D eigenvalue weighted by molar-refractivity contribution is 1.48. The van der Waals surface area contributed by atoms with Crippen LogP contribution < -0.4 is 0 Å². The van der Waals surface area contributed by atoms with Crippen LogP contribution in [0.2, 0.25) is 0 Å². The normalized spacial score (nSPS) is 23.5. The third-order valence-corrected chi connectivity index (χ3v) is 2.39. The maximum absolute atomic E-state index is 4.29. The number of amidine groups is 4. The predicted octanol–water partition coefficient (Wildman–Crippen LogP) is 0.544. The number of aliphatic imine (C=N–C) groups is 6. The molecule has 6 nitrogen and oxygen atoms in total. The largest absolute Gasteiger partial charge is 0.235 e. The smallest absolute Gasteiger partial charge is 0.200 e. The zero-order chi connectivity index (χ0) is 10.5. The van der Waals surface area contributed by atoms with Gasteiger partial charge in [-0.2, -0.15) is 0 Å². The quantitative estimate of drug-likeness (QED) is 0.603. The minimum Gasteiger partial charge on any atom is -0.235 e. The Bertz CT molecular complexity index is 593.